The summed E-state index contributed by atoms with van der Waals surface area (Å²) in [5, 5.41) is 3.56. The predicted molar refractivity (Wildman–Crippen MR) is 127 cm³/mol. The minimum atomic E-state index is 0.480. The molecular weight excluding hydrogens is 394 g/mol. The van der Waals surface area contributed by atoms with E-state index in [0.717, 1.165) is 63.9 Å². The van der Waals surface area contributed by atoms with Crippen molar-refractivity contribution in [1.82, 2.24) is 20.0 Å². The van der Waals surface area contributed by atoms with Crippen molar-refractivity contribution in [3.63, 3.8) is 0 Å². The van der Waals surface area contributed by atoms with Crippen LogP contribution >= 0.6 is 0 Å². The van der Waals surface area contributed by atoms with Crippen LogP contribution in [0, 0.1) is 0 Å². The average Bonchev–Trinajstić information content (AvgIpc) is 2.80. The molecule has 2 rings (SSSR count). The molecule has 8 heteroatoms. The summed E-state index contributed by atoms with van der Waals surface area (Å²) in [7, 11) is 6.80. The fourth-order valence-corrected chi connectivity index (χ4v) is 4.15. The van der Waals surface area contributed by atoms with Gasteiger partial charge in [-0.05, 0) is 37.7 Å². The summed E-state index contributed by atoms with van der Waals surface area (Å²) in [5.41, 5.74) is 1.15. The van der Waals surface area contributed by atoms with Gasteiger partial charge in [0.25, 0.3) is 0 Å². The van der Waals surface area contributed by atoms with Crippen LogP contribution < -0.4 is 19.5 Å². The number of benzene rings is 1. The molecule has 1 fully saturated rings. The number of ether oxygens (including phenoxy) is 3. The molecule has 176 valence electrons. The molecule has 0 saturated carbocycles. The Morgan fingerprint density at radius 1 is 1.03 bits per heavy atom. The summed E-state index contributed by atoms with van der Waals surface area (Å²) in [5.74, 6) is 3.02. The average molecular weight is 436 g/mol. The first kappa shape index (κ1) is 25.1. The van der Waals surface area contributed by atoms with E-state index < -0.39 is 0 Å². The van der Waals surface area contributed by atoms with Crippen LogP contribution in [0.2, 0.25) is 0 Å². The molecule has 0 radical (unpaired) electrons. The Hall–Kier alpha value is -2.19. The van der Waals surface area contributed by atoms with Crippen LogP contribution in [-0.4, -0.2) is 101 Å². The van der Waals surface area contributed by atoms with Crippen molar-refractivity contribution in [2.75, 3.05) is 74.2 Å². The lowest BCUT2D eigenvalue weighted by Crippen LogP contribution is -2.53. The highest BCUT2D eigenvalue weighted by atomic mass is 16.5. The van der Waals surface area contributed by atoms with Gasteiger partial charge in [-0.2, -0.15) is 0 Å². The number of hydrogen-bond acceptors (Lipinski definition) is 6. The quantitative estimate of drug-likeness (QED) is 0.446. The highest BCUT2D eigenvalue weighted by Gasteiger charge is 2.22. The molecule has 1 N–H and O–H groups in total. The van der Waals surface area contributed by atoms with Crippen molar-refractivity contribution in [3.8, 4) is 17.2 Å². The molecule has 1 aromatic carbocycles. The predicted octanol–water partition coefficient (Wildman–Crippen LogP) is 2.14. The summed E-state index contributed by atoms with van der Waals surface area (Å²) in [6, 6.07) is 4.54. The van der Waals surface area contributed by atoms with Gasteiger partial charge >= 0.3 is 0 Å². The Balaban J connectivity index is 1.92. The van der Waals surface area contributed by atoms with Crippen molar-refractivity contribution >= 4 is 5.96 Å². The molecule has 1 unspecified atom stereocenters. The lowest BCUT2D eigenvalue weighted by Gasteiger charge is -2.37. The molecule has 0 amide bonds. The van der Waals surface area contributed by atoms with Gasteiger partial charge in [-0.15, -0.1) is 0 Å². The van der Waals surface area contributed by atoms with Crippen LogP contribution in [0.4, 0.5) is 0 Å². The maximum absolute atomic E-state index is 5.49. The SMILES string of the molecule is CCN(CC)C(C)CNC(=NC)N1CCN(Cc2cc(OC)c(OC)c(OC)c2)CC1. The van der Waals surface area contributed by atoms with Gasteiger partial charge in [0, 0.05) is 52.4 Å². The van der Waals surface area contributed by atoms with E-state index in [1.165, 1.54) is 0 Å². The highest BCUT2D eigenvalue weighted by Crippen LogP contribution is 2.38. The minimum Gasteiger partial charge on any atom is -0.493 e. The van der Waals surface area contributed by atoms with Gasteiger partial charge in [-0.1, -0.05) is 13.8 Å². The molecule has 31 heavy (non-hydrogen) atoms. The zero-order valence-corrected chi connectivity index (χ0v) is 20.4. The number of nitrogens with zero attached hydrogens (tertiary/aromatic N) is 4. The Bertz CT molecular complexity index is 675. The standard InChI is InChI=1S/C23H41N5O3/c1-8-27(9-2)18(3)16-25-23(24-4)28-12-10-26(11-13-28)17-19-14-20(29-5)22(31-7)21(15-19)30-6/h14-15,18H,8-13,16-17H2,1-7H3,(H,24,25). The van der Waals surface area contributed by atoms with Gasteiger partial charge < -0.3 is 24.4 Å². The summed E-state index contributed by atoms with van der Waals surface area (Å²) in [6.07, 6.45) is 0. The van der Waals surface area contributed by atoms with E-state index >= 15 is 0 Å². The smallest absolute Gasteiger partial charge is 0.203 e. The van der Waals surface area contributed by atoms with Gasteiger partial charge in [0.1, 0.15) is 0 Å². The normalized spacial score (nSPS) is 16.4. The van der Waals surface area contributed by atoms with E-state index in [-0.39, 0.29) is 0 Å². The fourth-order valence-electron chi connectivity index (χ4n) is 4.15. The summed E-state index contributed by atoms with van der Waals surface area (Å²) >= 11 is 0. The molecule has 0 bridgehead atoms. The van der Waals surface area contributed by atoms with Crippen molar-refractivity contribution in [2.45, 2.75) is 33.4 Å². The molecule has 1 aliphatic rings. The monoisotopic (exact) mass is 435 g/mol. The van der Waals surface area contributed by atoms with Gasteiger partial charge in [-0.25, -0.2) is 0 Å². The second kappa shape index (κ2) is 12.6. The van der Waals surface area contributed by atoms with Crippen LogP contribution in [0.3, 0.4) is 0 Å². The van der Waals surface area contributed by atoms with Crippen LogP contribution in [0.5, 0.6) is 17.2 Å². The van der Waals surface area contributed by atoms with Crippen LogP contribution in [0.15, 0.2) is 17.1 Å². The zero-order chi connectivity index (χ0) is 22.8. The maximum Gasteiger partial charge on any atom is 0.203 e. The lowest BCUT2D eigenvalue weighted by atomic mass is 10.1. The van der Waals surface area contributed by atoms with E-state index in [1.54, 1.807) is 21.3 Å². The lowest BCUT2D eigenvalue weighted by molar-refractivity contribution is 0.170. The van der Waals surface area contributed by atoms with E-state index in [1.807, 2.05) is 19.2 Å². The van der Waals surface area contributed by atoms with E-state index in [4.69, 9.17) is 14.2 Å². The molecule has 1 aliphatic heterocycles. The van der Waals surface area contributed by atoms with Gasteiger partial charge in [0.05, 0.1) is 21.3 Å². The first-order chi connectivity index (χ1) is 15.0. The Labute approximate surface area is 188 Å². The van der Waals surface area contributed by atoms with E-state index in [2.05, 4.69) is 45.8 Å². The second-order valence-electron chi connectivity index (χ2n) is 7.80. The number of likely N-dealkylation sites (N-methyl/N-ethyl adjacent to an activating group) is 1. The molecule has 0 spiro atoms. The molecule has 0 aliphatic carbocycles. The van der Waals surface area contributed by atoms with Crippen molar-refractivity contribution in [2.24, 2.45) is 4.99 Å². The topological polar surface area (TPSA) is 61.8 Å². The Kier molecular flexibility index (Phi) is 10.2. The summed E-state index contributed by atoms with van der Waals surface area (Å²) in [6.45, 7) is 14.4. The summed E-state index contributed by atoms with van der Waals surface area (Å²) < 4.78 is 16.4. The van der Waals surface area contributed by atoms with Crippen molar-refractivity contribution in [1.29, 1.82) is 0 Å². The van der Waals surface area contributed by atoms with Gasteiger partial charge in [0.2, 0.25) is 5.75 Å². The number of nitrogens with one attached hydrogen (secondary N) is 1. The number of guanidine groups is 1. The van der Waals surface area contributed by atoms with Crippen LogP contribution in [0.1, 0.15) is 26.3 Å². The third kappa shape index (κ3) is 6.64. The Morgan fingerprint density at radius 2 is 1.61 bits per heavy atom. The second-order valence-corrected chi connectivity index (χ2v) is 7.80. The third-order valence-electron chi connectivity index (χ3n) is 6.01. The molecule has 1 atom stereocenters. The number of hydrogen-bond donors (Lipinski definition) is 1. The third-order valence-corrected chi connectivity index (χ3v) is 6.01. The molecule has 1 saturated heterocycles. The fraction of sp³-hybridized carbons (Fsp3) is 0.696. The van der Waals surface area contributed by atoms with Crippen LogP contribution in [0.25, 0.3) is 0 Å². The number of piperazine rings is 1. The largest absolute Gasteiger partial charge is 0.493 e. The first-order valence-electron chi connectivity index (χ1n) is 11.2. The molecule has 0 aromatic heterocycles. The number of methoxy groups -OCH3 is 3. The minimum absolute atomic E-state index is 0.480. The molecular formula is C23H41N5O3. The number of aliphatic imine (C=N–C) groups is 1. The Morgan fingerprint density at radius 3 is 2.06 bits per heavy atom. The molecule has 1 aromatic rings. The maximum atomic E-state index is 5.49. The number of rotatable bonds is 10. The van der Waals surface area contributed by atoms with Crippen molar-refractivity contribution < 1.29 is 14.2 Å². The first-order valence-corrected chi connectivity index (χ1v) is 11.2. The van der Waals surface area contributed by atoms with E-state index in [0.29, 0.717) is 23.3 Å². The van der Waals surface area contributed by atoms with Gasteiger partial charge in [0.15, 0.2) is 17.5 Å². The summed E-state index contributed by atoms with van der Waals surface area (Å²) in [4.78, 5) is 11.8. The molecule has 8 nitrogen and oxygen atoms in total. The zero-order valence-electron chi connectivity index (χ0n) is 20.4. The van der Waals surface area contributed by atoms with Gasteiger partial charge in [-0.3, -0.25) is 14.8 Å². The van der Waals surface area contributed by atoms with E-state index in [9.17, 15) is 0 Å². The molecule has 1 heterocycles. The van der Waals surface area contributed by atoms with Crippen molar-refractivity contribution in [3.05, 3.63) is 17.7 Å². The highest BCUT2D eigenvalue weighted by molar-refractivity contribution is 5.80. The van der Waals surface area contributed by atoms with Crippen LogP contribution in [-0.2, 0) is 6.54 Å².